The quantitative estimate of drug-likeness (QED) is 0.0111. The molecule has 0 radical (unpaired) electrons. The number of phenolic OH excluding ortho intramolecular Hbond substituents is 1. The number of ether oxygens (including phenoxy) is 4. The summed E-state index contributed by atoms with van der Waals surface area (Å²) < 4.78 is 24.8. The SMILES string of the molecule is CNCC1CC2CC3C(C=O)CCC4C3c3ccc(Cc5c(O)c6c7c(c5OC5OC(C)C(O)C(O)(O)C5OCCN=C(N)N)CC#CC(N)CCC(O)Cc5cccc(c5)C=Cc5c(OC(C)=O)cc(CO)c(c5C7=O)C6=O)c(C=O)c3C(O)(C1)C24. The summed E-state index contributed by atoms with van der Waals surface area (Å²) in [4.78, 5) is 76.0. The first-order valence-electron chi connectivity index (χ1n) is 29.9. The lowest BCUT2D eigenvalue weighted by molar-refractivity contribution is -0.378. The molecule has 14 unspecified atom stereocenters. The molecule has 6 aliphatic carbocycles. The maximum Gasteiger partial charge on any atom is 0.308 e. The molecule has 1 saturated heterocycles. The van der Waals surface area contributed by atoms with E-state index in [4.69, 9.17) is 36.1 Å². The van der Waals surface area contributed by atoms with Crippen LogP contribution in [0.3, 0.4) is 0 Å². The average Bonchev–Trinajstić information content (AvgIpc) is 0.773. The van der Waals surface area contributed by atoms with Gasteiger partial charge in [-0.3, -0.25) is 24.2 Å². The summed E-state index contributed by atoms with van der Waals surface area (Å²) in [5.41, 5.74) is 16.9. The van der Waals surface area contributed by atoms with Crippen LogP contribution < -0.4 is 32.0 Å². The Labute approximate surface area is 502 Å². The fourth-order valence-electron chi connectivity index (χ4n) is 16.0. The van der Waals surface area contributed by atoms with Crippen molar-refractivity contribution in [1.82, 2.24) is 5.32 Å². The number of aliphatic hydroxyl groups excluding tert-OH is 3. The molecule has 14 atom stereocenters. The third-order valence-corrected chi connectivity index (χ3v) is 19.4. The highest BCUT2D eigenvalue weighted by molar-refractivity contribution is 6.32. The van der Waals surface area contributed by atoms with Crippen LogP contribution in [-0.2, 0) is 50.5 Å². The lowest BCUT2D eigenvalue weighted by Gasteiger charge is -2.64. The van der Waals surface area contributed by atoms with Crippen LogP contribution in [0.15, 0.2) is 47.5 Å². The zero-order valence-corrected chi connectivity index (χ0v) is 48.7. The highest BCUT2D eigenvalue weighted by Gasteiger charge is 2.64. The molecule has 0 amide bonds. The van der Waals surface area contributed by atoms with Crippen molar-refractivity contribution in [3.63, 3.8) is 0 Å². The van der Waals surface area contributed by atoms with Gasteiger partial charge in [-0.25, -0.2) is 0 Å². The number of esters is 1. The summed E-state index contributed by atoms with van der Waals surface area (Å²) in [5.74, 6) is -2.14. The van der Waals surface area contributed by atoms with Gasteiger partial charge < -0.3 is 82.0 Å². The van der Waals surface area contributed by atoms with E-state index in [2.05, 4.69) is 22.2 Å². The summed E-state index contributed by atoms with van der Waals surface area (Å²) in [7, 11) is 1.85. The summed E-state index contributed by atoms with van der Waals surface area (Å²) in [6.45, 7) is 1.59. The van der Waals surface area contributed by atoms with Gasteiger partial charge in [-0.05, 0) is 153 Å². The van der Waals surface area contributed by atoms with Crippen LogP contribution in [0.1, 0.15) is 157 Å². The van der Waals surface area contributed by atoms with Crippen molar-refractivity contribution >= 4 is 48.2 Å². The van der Waals surface area contributed by atoms with Crippen molar-refractivity contribution in [2.75, 3.05) is 26.7 Å². The van der Waals surface area contributed by atoms with Crippen LogP contribution in [0.5, 0.6) is 17.2 Å². The Morgan fingerprint density at radius 2 is 1.74 bits per heavy atom. The number of fused-ring (bicyclic) bond motifs is 4. The van der Waals surface area contributed by atoms with Gasteiger partial charge in [-0.15, -0.1) is 0 Å². The Kier molecular flexibility index (Phi) is 17.2. The molecule has 3 saturated carbocycles. The first kappa shape index (κ1) is 61.4. The molecule has 1 heterocycles. The topological polar surface area (TPSA) is 366 Å². The Hall–Kier alpha value is -7.20. The van der Waals surface area contributed by atoms with Crippen molar-refractivity contribution in [3.05, 3.63) is 120 Å². The monoisotopic (exact) mass is 1190 g/mol. The van der Waals surface area contributed by atoms with Crippen LogP contribution >= 0.6 is 0 Å². The molecule has 21 heteroatoms. The normalized spacial score (nSPS) is 30.1. The zero-order chi connectivity index (χ0) is 62.0. The third kappa shape index (κ3) is 11.0. The van der Waals surface area contributed by atoms with Crippen LogP contribution in [-0.4, -0.2) is 141 Å². The number of phenols is 1. The van der Waals surface area contributed by atoms with Gasteiger partial charge in [0.25, 0.3) is 0 Å². The number of aliphatic hydroxyl groups is 6. The second kappa shape index (κ2) is 24.4. The van der Waals surface area contributed by atoms with Gasteiger partial charge in [0.1, 0.15) is 29.6 Å². The predicted octanol–water partition coefficient (Wildman–Crippen LogP) is 2.94. The summed E-state index contributed by atoms with van der Waals surface area (Å²) in [5, 5.41) is 87.5. The molecular weight excluding hydrogens is 1120 g/mol. The van der Waals surface area contributed by atoms with Crippen molar-refractivity contribution in [2.24, 2.45) is 57.7 Å². The molecule has 14 N–H and O–H groups in total. The highest BCUT2D eigenvalue weighted by Crippen LogP contribution is 2.68. The van der Waals surface area contributed by atoms with Gasteiger partial charge in [-0.2, -0.15) is 0 Å². The Bertz CT molecular complexity index is 3570. The van der Waals surface area contributed by atoms with Crippen molar-refractivity contribution in [1.29, 1.82) is 0 Å². The van der Waals surface area contributed by atoms with E-state index >= 15 is 9.59 Å². The minimum Gasteiger partial charge on any atom is -0.507 e. The van der Waals surface area contributed by atoms with Gasteiger partial charge in [0.05, 0.1) is 49.2 Å². The Morgan fingerprint density at radius 3 is 2.46 bits per heavy atom. The van der Waals surface area contributed by atoms with Crippen LogP contribution in [0.25, 0.3) is 12.2 Å². The average molecular weight is 1190 g/mol. The maximum atomic E-state index is 16.2. The minimum atomic E-state index is -3.14. The molecule has 21 nitrogen and oxygen atoms in total. The molecule has 0 aromatic heterocycles. The van der Waals surface area contributed by atoms with Gasteiger partial charge in [0.15, 0.2) is 29.9 Å². The Morgan fingerprint density at radius 1 is 0.954 bits per heavy atom. The molecule has 4 fully saturated rings. The van der Waals surface area contributed by atoms with Gasteiger partial charge in [0.2, 0.25) is 12.1 Å². The molecule has 0 spiro atoms. The number of ketones is 2. The van der Waals surface area contributed by atoms with Crippen molar-refractivity contribution in [2.45, 2.75) is 139 Å². The number of nitrogens with one attached hydrogen (secondary N) is 1. The maximum absolute atomic E-state index is 16.2. The van der Waals surface area contributed by atoms with E-state index in [0.717, 1.165) is 43.6 Å². The van der Waals surface area contributed by atoms with E-state index < -0.39 is 114 Å². The highest BCUT2D eigenvalue weighted by atomic mass is 16.7. The van der Waals surface area contributed by atoms with Crippen LogP contribution in [0, 0.1) is 47.3 Å². The van der Waals surface area contributed by atoms with Crippen LogP contribution in [0.4, 0.5) is 0 Å². The first-order valence-corrected chi connectivity index (χ1v) is 29.9. The van der Waals surface area contributed by atoms with E-state index in [9.17, 15) is 50.1 Å². The van der Waals surface area contributed by atoms with E-state index in [1.54, 1.807) is 24.3 Å². The number of aromatic hydroxyl groups is 1. The van der Waals surface area contributed by atoms with E-state index in [1.807, 2.05) is 25.2 Å². The second-order valence-corrected chi connectivity index (χ2v) is 24.7. The lowest BCUT2D eigenvalue weighted by Crippen LogP contribution is -2.67. The summed E-state index contributed by atoms with van der Waals surface area (Å²) in [6.07, 6.45) is -0.417. The molecule has 460 valence electrons. The fraction of sp³-hybridized carbons (Fsp3) is 0.485. The van der Waals surface area contributed by atoms with Crippen molar-refractivity contribution in [3.8, 4) is 29.1 Å². The fourth-order valence-corrected chi connectivity index (χ4v) is 16.0. The zero-order valence-electron chi connectivity index (χ0n) is 48.7. The number of carbonyl (C=O) groups is 5. The van der Waals surface area contributed by atoms with E-state index in [-0.39, 0.29) is 123 Å². The number of carbonyl (C=O) groups excluding carboxylic acids is 5. The number of hydrogen-bond donors (Lipinski definition) is 11. The number of hydrogen-bond acceptors (Lipinski definition) is 19. The van der Waals surface area contributed by atoms with Gasteiger partial charge in [0, 0.05) is 64.6 Å². The first-order chi connectivity index (χ1) is 41.6. The molecule has 7 aliphatic rings. The smallest absolute Gasteiger partial charge is 0.308 e. The third-order valence-electron chi connectivity index (χ3n) is 19.4. The van der Waals surface area contributed by atoms with Gasteiger partial charge >= 0.3 is 5.97 Å². The number of rotatable bonds is 14. The summed E-state index contributed by atoms with van der Waals surface area (Å²) in [6, 6.07) is 11.2. The van der Waals surface area contributed by atoms with Crippen molar-refractivity contribution < 1.29 is 78.7 Å². The molecule has 1 aliphatic heterocycles. The molecule has 4 aromatic carbocycles. The number of nitrogens with zero attached hydrogens (tertiary/aromatic N) is 1. The minimum absolute atomic E-state index is 0.00983. The number of benzene rings is 4. The summed E-state index contributed by atoms with van der Waals surface area (Å²) >= 11 is 0. The lowest BCUT2D eigenvalue weighted by atomic mass is 9.41. The molecule has 4 aromatic rings. The standard InChI is InChI=1S/C66H75N5O16/c1-31-61(80)66(82,83)62(84-19-18-71-64(68)69)63(85-31)87-60-45-9-5-8-40(67)13-14-41(76)22-34-7-4-6-33(20-34)10-15-42-49(86-32(2)75)25-39(29-73)50-52(42)59(79)53(45)54(58(50)78)57(77)47(60)23-36-11-16-44-51-43-17-12-37(28-72)46(51)24-38-21-35(27-70-3)26-65(81,55(38)43)56(44)48(36)30-74/h4,6-7,10-11,15-16,20,25,28,30-31,35,37-38,40-41,43,46,51,55,61-63,70,73,76-77,80-83H,9,12-14,17-19,21-24,26-27,29,67H2,1-3H3,(H4,68,69,71). The van der Waals surface area contributed by atoms with E-state index in [0.29, 0.717) is 36.8 Å². The number of nitrogens with two attached hydrogens (primary N) is 3. The largest absolute Gasteiger partial charge is 0.507 e. The van der Waals surface area contributed by atoms with E-state index in [1.165, 1.54) is 19.1 Å². The molecule has 11 rings (SSSR count). The predicted molar refractivity (Wildman–Crippen MR) is 316 cm³/mol. The second-order valence-electron chi connectivity index (χ2n) is 24.7. The number of aliphatic imine (C=N–C) groups is 1. The van der Waals surface area contributed by atoms with Crippen LogP contribution in [0.2, 0.25) is 0 Å². The number of aldehydes is 2. The molecule has 87 heavy (non-hydrogen) atoms. The Balaban J connectivity index is 1.18. The molecular formula is C66H75N5O16. The van der Waals surface area contributed by atoms with Gasteiger partial charge in [-0.1, -0.05) is 54.3 Å². The number of guanidine groups is 1. The molecule has 8 bridgehead atoms.